The molecule has 0 bridgehead atoms. The van der Waals surface area contributed by atoms with Gasteiger partial charge in [0.15, 0.2) is 0 Å². The van der Waals surface area contributed by atoms with E-state index in [0.717, 1.165) is 12.1 Å². The largest absolute Gasteiger partial charge is 0.339 e. The lowest BCUT2D eigenvalue weighted by Gasteiger charge is -2.00. The molecule has 0 aliphatic rings. The third-order valence-electron chi connectivity index (χ3n) is 2.48. The number of benzene rings is 1. The minimum Gasteiger partial charge on any atom is -0.339 e. The number of hydrogen-bond donors (Lipinski definition) is 0. The van der Waals surface area contributed by atoms with Crippen molar-refractivity contribution in [3.63, 3.8) is 0 Å². The van der Waals surface area contributed by atoms with Crippen molar-refractivity contribution in [1.29, 1.82) is 0 Å². The molecule has 106 valence electrons. The van der Waals surface area contributed by atoms with Crippen molar-refractivity contribution in [2.45, 2.75) is 12.8 Å². The molecular formula is C11H8ClF2N3O3. The van der Waals surface area contributed by atoms with Crippen molar-refractivity contribution >= 4 is 17.3 Å². The van der Waals surface area contributed by atoms with Crippen LogP contribution in [-0.2, 0) is 6.42 Å². The summed E-state index contributed by atoms with van der Waals surface area (Å²) in [4.78, 5) is 13.5. The molecule has 0 saturated carbocycles. The Balaban J connectivity index is 2.44. The molecule has 0 fully saturated rings. The maximum atomic E-state index is 13.9. The van der Waals surface area contributed by atoms with Gasteiger partial charge in [-0.2, -0.15) is 9.37 Å². The smallest absolute Gasteiger partial charge is 0.305 e. The van der Waals surface area contributed by atoms with Crippen molar-refractivity contribution in [3.8, 4) is 11.4 Å². The highest BCUT2D eigenvalue weighted by Gasteiger charge is 2.25. The summed E-state index contributed by atoms with van der Waals surface area (Å²) in [6.07, 6.45) is 0.914. The zero-order chi connectivity index (χ0) is 14.7. The number of aryl methyl sites for hydroxylation is 1. The number of rotatable bonds is 5. The van der Waals surface area contributed by atoms with Crippen LogP contribution in [0.4, 0.5) is 14.5 Å². The Morgan fingerprint density at radius 2 is 2.15 bits per heavy atom. The Kier molecular flexibility index (Phi) is 4.23. The summed E-state index contributed by atoms with van der Waals surface area (Å²) in [6.45, 7) is 0. The second-order valence-corrected chi connectivity index (χ2v) is 4.19. The summed E-state index contributed by atoms with van der Waals surface area (Å²) < 4.78 is 32.4. The summed E-state index contributed by atoms with van der Waals surface area (Å²) in [5.74, 6) is -2.17. The van der Waals surface area contributed by atoms with Crippen LogP contribution in [0.1, 0.15) is 12.3 Å². The fourth-order valence-corrected chi connectivity index (χ4v) is 1.70. The predicted octanol–water partition coefficient (Wildman–Crippen LogP) is 3.09. The molecule has 0 aliphatic carbocycles. The molecule has 1 aromatic heterocycles. The number of halogens is 3. The van der Waals surface area contributed by atoms with Crippen molar-refractivity contribution in [1.82, 2.24) is 10.1 Å². The van der Waals surface area contributed by atoms with Crippen molar-refractivity contribution in [2.75, 3.05) is 5.88 Å². The first-order valence-electron chi connectivity index (χ1n) is 5.56. The van der Waals surface area contributed by atoms with E-state index >= 15 is 0 Å². The topological polar surface area (TPSA) is 82.1 Å². The molecular weight excluding hydrogens is 296 g/mol. The second-order valence-electron chi connectivity index (χ2n) is 3.82. The van der Waals surface area contributed by atoms with Crippen LogP contribution < -0.4 is 0 Å². The van der Waals surface area contributed by atoms with Gasteiger partial charge in [0.05, 0.1) is 4.92 Å². The minimum atomic E-state index is -1.33. The van der Waals surface area contributed by atoms with Gasteiger partial charge in [0.25, 0.3) is 0 Å². The summed E-state index contributed by atoms with van der Waals surface area (Å²) in [5.41, 5.74) is -1.53. The van der Waals surface area contributed by atoms with E-state index in [1.54, 1.807) is 0 Å². The Bertz CT molecular complexity index is 648. The first-order chi connectivity index (χ1) is 9.54. The minimum absolute atomic E-state index is 0.158. The zero-order valence-corrected chi connectivity index (χ0v) is 10.7. The van der Waals surface area contributed by atoms with E-state index < -0.39 is 27.8 Å². The molecule has 6 nitrogen and oxygen atoms in total. The van der Waals surface area contributed by atoms with Crippen molar-refractivity contribution < 1.29 is 18.2 Å². The van der Waals surface area contributed by atoms with Gasteiger partial charge in [-0.15, -0.1) is 11.6 Å². The third-order valence-corrected chi connectivity index (χ3v) is 2.75. The highest BCUT2D eigenvalue weighted by atomic mass is 35.5. The van der Waals surface area contributed by atoms with Gasteiger partial charge in [0.1, 0.15) is 11.4 Å². The lowest BCUT2D eigenvalue weighted by molar-refractivity contribution is -0.387. The molecule has 0 amide bonds. The lowest BCUT2D eigenvalue weighted by Crippen LogP contribution is -1.99. The van der Waals surface area contributed by atoms with Gasteiger partial charge >= 0.3 is 5.69 Å². The number of nitro groups is 1. The summed E-state index contributed by atoms with van der Waals surface area (Å²) in [5, 5.41) is 14.1. The molecule has 1 heterocycles. The van der Waals surface area contributed by atoms with Gasteiger partial charge in [0.2, 0.25) is 17.5 Å². The van der Waals surface area contributed by atoms with Crippen molar-refractivity contribution in [2.24, 2.45) is 0 Å². The fourth-order valence-electron chi connectivity index (χ4n) is 1.56. The van der Waals surface area contributed by atoms with Crippen LogP contribution in [0.15, 0.2) is 16.7 Å². The molecule has 1 aromatic carbocycles. The maximum absolute atomic E-state index is 13.9. The van der Waals surface area contributed by atoms with Gasteiger partial charge in [-0.25, -0.2) is 4.39 Å². The molecule has 0 spiro atoms. The number of nitro benzene ring substituents is 1. The van der Waals surface area contributed by atoms with Gasteiger partial charge in [-0.05, 0) is 12.5 Å². The summed E-state index contributed by atoms with van der Waals surface area (Å²) in [6, 6.07) is 1.52. The molecule has 2 rings (SSSR count). The van der Waals surface area contributed by atoms with Gasteiger partial charge in [0, 0.05) is 18.4 Å². The van der Waals surface area contributed by atoms with Gasteiger partial charge in [-0.1, -0.05) is 5.16 Å². The van der Waals surface area contributed by atoms with E-state index in [1.807, 2.05) is 0 Å². The molecule has 20 heavy (non-hydrogen) atoms. The lowest BCUT2D eigenvalue weighted by atomic mass is 10.1. The van der Waals surface area contributed by atoms with Gasteiger partial charge in [-0.3, -0.25) is 10.1 Å². The maximum Gasteiger partial charge on any atom is 0.305 e. The van der Waals surface area contributed by atoms with E-state index in [9.17, 15) is 18.9 Å². The molecule has 0 radical (unpaired) electrons. The van der Waals surface area contributed by atoms with E-state index in [2.05, 4.69) is 10.1 Å². The van der Waals surface area contributed by atoms with Gasteiger partial charge < -0.3 is 4.52 Å². The van der Waals surface area contributed by atoms with Crippen molar-refractivity contribution in [3.05, 3.63) is 39.8 Å². The van der Waals surface area contributed by atoms with Crippen LogP contribution in [0.25, 0.3) is 11.4 Å². The average Bonchev–Trinajstić information content (AvgIpc) is 2.84. The number of hydrogen-bond acceptors (Lipinski definition) is 5. The van der Waals surface area contributed by atoms with Crippen LogP contribution in [0, 0.1) is 21.7 Å². The molecule has 0 N–H and O–H groups in total. The van der Waals surface area contributed by atoms with Crippen LogP contribution in [0.2, 0.25) is 0 Å². The Morgan fingerprint density at radius 1 is 1.40 bits per heavy atom. The summed E-state index contributed by atoms with van der Waals surface area (Å²) >= 11 is 5.50. The van der Waals surface area contributed by atoms with E-state index in [0.29, 0.717) is 18.7 Å². The molecule has 0 aliphatic heterocycles. The molecule has 9 heteroatoms. The number of aromatic nitrogens is 2. The third kappa shape index (κ3) is 2.74. The van der Waals surface area contributed by atoms with E-state index in [-0.39, 0.29) is 11.7 Å². The quantitative estimate of drug-likeness (QED) is 0.481. The monoisotopic (exact) mass is 303 g/mol. The summed E-state index contributed by atoms with van der Waals surface area (Å²) in [7, 11) is 0. The van der Waals surface area contributed by atoms with E-state index in [4.69, 9.17) is 16.1 Å². The first-order valence-corrected chi connectivity index (χ1v) is 6.09. The Hall–Kier alpha value is -2.09. The molecule has 2 aromatic rings. The highest BCUT2D eigenvalue weighted by molar-refractivity contribution is 6.17. The Morgan fingerprint density at radius 3 is 2.80 bits per heavy atom. The van der Waals surface area contributed by atoms with E-state index in [1.165, 1.54) is 0 Å². The zero-order valence-electron chi connectivity index (χ0n) is 9.98. The highest BCUT2D eigenvalue weighted by Crippen LogP contribution is 2.29. The predicted molar refractivity (Wildman–Crippen MR) is 65.3 cm³/mol. The molecule has 0 atom stereocenters. The SMILES string of the molecule is O=[N+]([O-])c1ccc(F)c(-c2noc(CCCCl)n2)c1F. The fraction of sp³-hybridized carbons (Fsp3) is 0.273. The molecule has 0 unspecified atom stereocenters. The first kappa shape index (κ1) is 14.3. The second kappa shape index (κ2) is 5.91. The molecule has 0 saturated heterocycles. The van der Waals surface area contributed by atoms with Crippen LogP contribution in [0.3, 0.4) is 0 Å². The van der Waals surface area contributed by atoms with Crippen LogP contribution in [0.5, 0.6) is 0 Å². The Labute approximate surface area is 116 Å². The number of alkyl halides is 1. The number of nitrogens with zero attached hydrogens (tertiary/aromatic N) is 3. The van der Waals surface area contributed by atoms with Crippen LogP contribution in [-0.4, -0.2) is 20.9 Å². The normalized spacial score (nSPS) is 10.8. The van der Waals surface area contributed by atoms with Crippen LogP contribution >= 0.6 is 11.6 Å². The standard InChI is InChI=1S/C11H8ClF2N3O3/c12-5-1-2-8-15-11(16-20-8)9-6(13)3-4-7(10(9)14)17(18)19/h3-4H,1-2,5H2. The average molecular weight is 304 g/mol.